The van der Waals surface area contributed by atoms with Crippen LogP contribution in [0.2, 0.25) is 0 Å². The highest BCUT2D eigenvalue weighted by Crippen LogP contribution is 2.27. The molecule has 1 N–H and O–H groups in total. The highest BCUT2D eigenvalue weighted by atomic mass is 32.2. The SMILES string of the molecule is CSc1nc(=N)oc2c1c(C)nn2-c1ccccc1. The second-order valence-electron chi connectivity index (χ2n) is 4.04. The summed E-state index contributed by atoms with van der Waals surface area (Å²) in [5, 5.41) is 13.8. The Morgan fingerprint density at radius 3 is 2.68 bits per heavy atom. The van der Waals surface area contributed by atoms with Crippen LogP contribution >= 0.6 is 11.8 Å². The van der Waals surface area contributed by atoms with Gasteiger partial charge < -0.3 is 4.42 Å². The van der Waals surface area contributed by atoms with Gasteiger partial charge in [0.05, 0.1) is 16.8 Å². The van der Waals surface area contributed by atoms with Crippen molar-refractivity contribution in [3.63, 3.8) is 0 Å². The zero-order valence-corrected chi connectivity index (χ0v) is 11.4. The van der Waals surface area contributed by atoms with Gasteiger partial charge >= 0.3 is 5.68 Å². The van der Waals surface area contributed by atoms with Gasteiger partial charge in [0.2, 0.25) is 5.71 Å². The molecule has 0 aliphatic rings. The fraction of sp³-hybridized carbons (Fsp3) is 0.154. The van der Waals surface area contributed by atoms with Crippen LogP contribution in [0.15, 0.2) is 39.8 Å². The lowest BCUT2D eigenvalue weighted by Crippen LogP contribution is -2.06. The molecule has 0 amide bonds. The van der Waals surface area contributed by atoms with Gasteiger partial charge in [0.25, 0.3) is 0 Å². The Balaban J connectivity index is 2.40. The van der Waals surface area contributed by atoms with E-state index in [-0.39, 0.29) is 5.68 Å². The second-order valence-corrected chi connectivity index (χ2v) is 4.84. The lowest BCUT2D eigenvalue weighted by molar-refractivity contribution is 0.475. The van der Waals surface area contributed by atoms with Crippen molar-refractivity contribution in [2.45, 2.75) is 11.9 Å². The number of aromatic nitrogens is 3. The molecule has 96 valence electrons. The number of fused-ring (bicyclic) bond motifs is 1. The number of thioether (sulfide) groups is 1. The first-order valence-electron chi connectivity index (χ1n) is 5.75. The van der Waals surface area contributed by atoms with Crippen LogP contribution in [0, 0.1) is 12.3 Å². The molecule has 0 unspecified atom stereocenters. The molecule has 0 radical (unpaired) electrons. The molecule has 0 fully saturated rings. The first kappa shape index (κ1) is 12.0. The first-order chi connectivity index (χ1) is 9.20. The van der Waals surface area contributed by atoms with Crippen LogP contribution < -0.4 is 5.68 Å². The van der Waals surface area contributed by atoms with Crippen molar-refractivity contribution in [1.29, 1.82) is 5.41 Å². The number of hydrogen-bond acceptors (Lipinski definition) is 5. The van der Waals surface area contributed by atoms with Crippen LogP contribution in [0.4, 0.5) is 0 Å². The van der Waals surface area contributed by atoms with Gasteiger partial charge in [-0.1, -0.05) is 18.2 Å². The number of nitrogens with zero attached hydrogens (tertiary/aromatic N) is 3. The van der Waals surface area contributed by atoms with Crippen molar-refractivity contribution in [3.05, 3.63) is 41.7 Å². The van der Waals surface area contributed by atoms with Gasteiger partial charge in [0.15, 0.2) is 0 Å². The van der Waals surface area contributed by atoms with Gasteiger partial charge in [-0.05, 0) is 25.3 Å². The second kappa shape index (κ2) is 4.55. The fourth-order valence-electron chi connectivity index (χ4n) is 2.00. The summed E-state index contributed by atoms with van der Waals surface area (Å²) in [5.41, 5.74) is 2.21. The fourth-order valence-corrected chi connectivity index (χ4v) is 2.61. The predicted octanol–water partition coefficient (Wildman–Crippen LogP) is 2.52. The predicted molar refractivity (Wildman–Crippen MR) is 73.5 cm³/mol. The molecular weight excluding hydrogens is 260 g/mol. The van der Waals surface area contributed by atoms with Crippen molar-refractivity contribution in [1.82, 2.24) is 14.8 Å². The molecular formula is C13H12N4OS. The Kier molecular flexibility index (Phi) is 2.87. The summed E-state index contributed by atoms with van der Waals surface area (Å²) in [7, 11) is 0. The van der Waals surface area contributed by atoms with Crippen molar-refractivity contribution < 1.29 is 4.42 Å². The molecule has 0 bridgehead atoms. The summed E-state index contributed by atoms with van der Waals surface area (Å²) in [6, 6.07) is 9.73. The first-order valence-corrected chi connectivity index (χ1v) is 6.97. The molecule has 0 atom stereocenters. The Labute approximate surface area is 113 Å². The maximum Gasteiger partial charge on any atom is 0.316 e. The zero-order chi connectivity index (χ0) is 13.4. The average Bonchev–Trinajstić information content (AvgIpc) is 2.76. The van der Waals surface area contributed by atoms with Crippen LogP contribution in [-0.2, 0) is 0 Å². The van der Waals surface area contributed by atoms with E-state index in [2.05, 4.69) is 10.1 Å². The van der Waals surface area contributed by atoms with E-state index in [0.717, 1.165) is 21.8 Å². The van der Waals surface area contributed by atoms with Crippen molar-refractivity contribution in [2.24, 2.45) is 0 Å². The van der Waals surface area contributed by atoms with Crippen LogP contribution in [0.25, 0.3) is 16.8 Å². The molecule has 0 aliphatic carbocycles. The van der Waals surface area contributed by atoms with Gasteiger partial charge in [0, 0.05) is 0 Å². The number of para-hydroxylation sites is 1. The lowest BCUT2D eigenvalue weighted by atomic mass is 10.3. The summed E-state index contributed by atoms with van der Waals surface area (Å²) in [6.45, 7) is 1.92. The highest BCUT2D eigenvalue weighted by Gasteiger charge is 2.16. The summed E-state index contributed by atoms with van der Waals surface area (Å²) in [4.78, 5) is 4.10. The van der Waals surface area contributed by atoms with E-state index in [1.165, 1.54) is 11.8 Å². The largest absolute Gasteiger partial charge is 0.405 e. The Morgan fingerprint density at radius 1 is 1.26 bits per heavy atom. The third kappa shape index (κ3) is 1.94. The number of hydrogen-bond donors (Lipinski definition) is 1. The van der Waals surface area contributed by atoms with Gasteiger partial charge in [0.1, 0.15) is 5.03 Å². The number of nitrogens with one attached hydrogen (secondary N) is 1. The van der Waals surface area contributed by atoms with Crippen LogP contribution in [0.5, 0.6) is 0 Å². The number of benzene rings is 1. The third-order valence-corrected chi connectivity index (χ3v) is 3.50. The highest BCUT2D eigenvalue weighted by molar-refractivity contribution is 7.98. The molecule has 0 aliphatic heterocycles. The molecule has 0 saturated carbocycles. The number of rotatable bonds is 2. The molecule has 3 aromatic rings. The van der Waals surface area contributed by atoms with Crippen molar-refractivity contribution in [2.75, 3.05) is 6.26 Å². The van der Waals surface area contributed by atoms with E-state index in [4.69, 9.17) is 9.83 Å². The minimum absolute atomic E-state index is 0.103. The average molecular weight is 272 g/mol. The molecule has 3 rings (SSSR count). The summed E-state index contributed by atoms with van der Waals surface area (Å²) >= 11 is 1.49. The summed E-state index contributed by atoms with van der Waals surface area (Å²) < 4.78 is 7.17. The smallest absolute Gasteiger partial charge is 0.316 e. The van der Waals surface area contributed by atoms with E-state index in [1.807, 2.05) is 43.5 Å². The normalized spacial score (nSPS) is 11.1. The lowest BCUT2D eigenvalue weighted by Gasteiger charge is -2.02. The third-order valence-electron chi connectivity index (χ3n) is 2.82. The van der Waals surface area contributed by atoms with Crippen molar-refractivity contribution in [3.8, 4) is 5.69 Å². The van der Waals surface area contributed by atoms with Crippen molar-refractivity contribution >= 4 is 22.9 Å². The molecule has 1 aromatic carbocycles. The summed E-state index contributed by atoms with van der Waals surface area (Å²) in [6.07, 6.45) is 1.93. The topological polar surface area (TPSA) is 67.7 Å². The molecule has 6 heteroatoms. The molecule has 2 aromatic heterocycles. The monoisotopic (exact) mass is 272 g/mol. The van der Waals surface area contributed by atoms with E-state index in [1.54, 1.807) is 4.68 Å². The Hall–Kier alpha value is -2.08. The van der Waals surface area contributed by atoms with E-state index < -0.39 is 0 Å². The van der Waals surface area contributed by atoms with Crippen LogP contribution in [-0.4, -0.2) is 21.0 Å². The maximum atomic E-state index is 7.66. The molecule has 0 spiro atoms. The van der Waals surface area contributed by atoms with Gasteiger partial charge in [-0.15, -0.1) is 11.8 Å². The standard InChI is InChI=1S/C13H12N4OS/c1-8-10-11(19-2)15-13(14)18-12(10)17(16-8)9-6-4-3-5-7-9/h3-7,14H,1-2H3. The molecule has 19 heavy (non-hydrogen) atoms. The summed E-state index contributed by atoms with van der Waals surface area (Å²) in [5.74, 6) is 0. The Morgan fingerprint density at radius 2 is 2.00 bits per heavy atom. The van der Waals surface area contributed by atoms with Gasteiger partial charge in [-0.3, -0.25) is 0 Å². The zero-order valence-electron chi connectivity index (χ0n) is 10.5. The molecule has 0 saturated heterocycles. The maximum absolute atomic E-state index is 7.66. The van der Waals surface area contributed by atoms with Gasteiger partial charge in [-0.2, -0.15) is 14.8 Å². The van der Waals surface area contributed by atoms with E-state index >= 15 is 0 Å². The van der Waals surface area contributed by atoms with Crippen LogP contribution in [0.3, 0.4) is 0 Å². The molecule has 2 heterocycles. The molecule has 5 nitrogen and oxygen atoms in total. The Bertz CT molecular complexity index is 792. The quantitative estimate of drug-likeness (QED) is 0.728. The minimum Gasteiger partial charge on any atom is -0.405 e. The van der Waals surface area contributed by atoms with E-state index in [0.29, 0.717) is 5.71 Å². The number of aryl methyl sites for hydroxylation is 1. The van der Waals surface area contributed by atoms with Gasteiger partial charge in [-0.25, -0.2) is 5.41 Å². The van der Waals surface area contributed by atoms with E-state index in [9.17, 15) is 0 Å². The van der Waals surface area contributed by atoms with Crippen LogP contribution in [0.1, 0.15) is 5.69 Å². The minimum atomic E-state index is -0.103.